The van der Waals surface area contributed by atoms with E-state index in [1.165, 1.54) is 5.56 Å². The molecule has 2 N–H and O–H groups in total. The number of hydrogen-bond donors (Lipinski definition) is 2. The molecule has 1 atom stereocenters. The van der Waals surface area contributed by atoms with E-state index in [1.54, 1.807) is 0 Å². The van der Waals surface area contributed by atoms with Crippen molar-refractivity contribution in [2.24, 2.45) is 0 Å². The van der Waals surface area contributed by atoms with Crippen LogP contribution in [0.3, 0.4) is 0 Å². The Morgan fingerprint density at radius 2 is 2.24 bits per heavy atom. The molecule has 1 aromatic rings. The first-order valence-electron chi connectivity index (χ1n) is 6.16. The van der Waals surface area contributed by atoms with Crippen LogP contribution in [0.4, 0.5) is 0 Å². The lowest BCUT2D eigenvalue weighted by atomic mass is 9.97. The van der Waals surface area contributed by atoms with Crippen molar-refractivity contribution >= 4 is 0 Å². The van der Waals surface area contributed by atoms with Gasteiger partial charge in [-0.25, -0.2) is 0 Å². The minimum absolute atomic E-state index is 0.115. The van der Waals surface area contributed by atoms with Crippen LogP contribution in [0, 0.1) is 0 Å². The average molecular weight is 235 g/mol. The van der Waals surface area contributed by atoms with Gasteiger partial charge < -0.3 is 15.2 Å². The Bertz CT molecular complexity index is 401. The predicted octanol–water partition coefficient (Wildman–Crippen LogP) is 2.04. The van der Waals surface area contributed by atoms with Crippen molar-refractivity contribution in [1.29, 1.82) is 0 Å². The first kappa shape index (κ1) is 12.4. The van der Waals surface area contributed by atoms with Gasteiger partial charge in [0.25, 0.3) is 0 Å². The second-order valence-electron chi connectivity index (χ2n) is 5.23. The van der Waals surface area contributed by atoms with E-state index in [0.29, 0.717) is 6.42 Å². The number of ether oxygens (including phenoxy) is 1. The van der Waals surface area contributed by atoms with Crippen LogP contribution < -0.4 is 10.1 Å². The SMILES string of the molecule is CNC(CCO)c1cccc2c1OC(C)(C)C2. The number of benzene rings is 1. The highest BCUT2D eigenvalue weighted by Gasteiger charge is 2.32. The van der Waals surface area contributed by atoms with Gasteiger partial charge in [0, 0.05) is 24.6 Å². The third-order valence-electron chi connectivity index (χ3n) is 3.26. The molecule has 17 heavy (non-hydrogen) atoms. The van der Waals surface area contributed by atoms with E-state index in [2.05, 4.69) is 37.4 Å². The van der Waals surface area contributed by atoms with E-state index in [9.17, 15) is 0 Å². The summed E-state index contributed by atoms with van der Waals surface area (Å²) in [5.41, 5.74) is 2.31. The van der Waals surface area contributed by atoms with Gasteiger partial charge in [0.2, 0.25) is 0 Å². The van der Waals surface area contributed by atoms with Crippen LogP contribution in [0.25, 0.3) is 0 Å². The molecule has 1 aliphatic heterocycles. The quantitative estimate of drug-likeness (QED) is 0.839. The fourth-order valence-electron chi connectivity index (χ4n) is 2.50. The summed E-state index contributed by atoms with van der Waals surface area (Å²) < 4.78 is 6.03. The second-order valence-corrected chi connectivity index (χ2v) is 5.23. The van der Waals surface area contributed by atoms with E-state index in [0.717, 1.165) is 17.7 Å². The molecule has 3 heteroatoms. The summed E-state index contributed by atoms with van der Waals surface area (Å²) in [7, 11) is 1.92. The number of aliphatic hydroxyl groups excluding tert-OH is 1. The summed E-state index contributed by atoms with van der Waals surface area (Å²) >= 11 is 0. The van der Waals surface area contributed by atoms with Crippen molar-refractivity contribution < 1.29 is 9.84 Å². The number of nitrogens with one attached hydrogen (secondary N) is 1. The van der Waals surface area contributed by atoms with Crippen molar-refractivity contribution in [1.82, 2.24) is 5.32 Å². The number of fused-ring (bicyclic) bond motifs is 1. The average Bonchev–Trinajstić information content (AvgIpc) is 2.59. The molecule has 0 fully saturated rings. The fraction of sp³-hybridized carbons (Fsp3) is 0.571. The van der Waals surface area contributed by atoms with Crippen LogP contribution in [-0.2, 0) is 6.42 Å². The maximum absolute atomic E-state index is 9.10. The molecule has 1 aliphatic rings. The zero-order chi connectivity index (χ0) is 12.5. The molecule has 1 unspecified atom stereocenters. The molecule has 2 rings (SSSR count). The van der Waals surface area contributed by atoms with Crippen molar-refractivity contribution in [3.8, 4) is 5.75 Å². The lowest BCUT2D eigenvalue weighted by molar-refractivity contribution is 0.136. The van der Waals surface area contributed by atoms with Crippen molar-refractivity contribution in [2.45, 2.75) is 38.3 Å². The van der Waals surface area contributed by atoms with E-state index < -0.39 is 0 Å². The van der Waals surface area contributed by atoms with Gasteiger partial charge in [-0.05, 0) is 32.9 Å². The third-order valence-corrected chi connectivity index (χ3v) is 3.26. The van der Waals surface area contributed by atoms with Gasteiger partial charge in [-0.1, -0.05) is 18.2 Å². The Morgan fingerprint density at radius 3 is 2.88 bits per heavy atom. The lowest BCUT2D eigenvalue weighted by Crippen LogP contribution is -2.25. The van der Waals surface area contributed by atoms with E-state index in [4.69, 9.17) is 9.84 Å². The molecule has 0 spiro atoms. The van der Waals surface area contributed by atoms with Crippen LogP contribution >= 0.6 is 0 Å². The summed E-state index contributed by atoms with van der Waals surface area (Å²) in [6.07, 6.45) is 1.66. The van der Waals surface area contributed by atoms with Crippen LogP contribution in [0.2, 0.25) is 0 Å². The number of rotatable bonds is 4. The van der Waals surface area contributed by atoms with Crippen molar-refractivity contribution in [3.05, 3.63) is 29.3 Å². The van der Waals surface area contributed by atoms with Crippen molar-refractivity contribution in [3.63, 3.8) is 0 Å². The maximum Gasteiger partial charge on any atom is 0.128 e. The van der Waals surface area contributed by atoms with Crippen LogP contribution in [0.5, 0.6) is 5.75 Å². The summed E-state index contributed by atoms with van der Waals surface area (Å²) in [6, 6.07) is 6.43. The summed E-state index contributed by atoms with van der Waals surface area (Å²) in [6.45, 7) is 4.40. The van der Waals surface area contributed by atoms with Crippen LogP contribution in [0.15, 0.2) is 18.2 Å². The molecular weight excluding hydrogens is 214 g/mol. The topological polar surface area (TPSA) is 41.5 Å². The van der Waals surface area contributed by atoms with Gasteiger partial charge in [0.05, 0.1) is 0 Å². The predicted molar refractivity (Wildman–Crippen MR) is 68.4 cm³/mol. The molecule has 0 amide bonds. The molecule has 0 aliphatic carbocycles. The third kappa shape index (κ3) is 2.45. The summed E-state index contributed by atoms with van der Waals surface area (Å²) in [5, 5.41) is 12.3. The van der Waals surface area contributed by atoms with E-state index in [-0.39, 0.29) is 18.2 Å². The highest BCUT2D eigenvalue weighted by molar-refractivity contribution is 5.47. The molecular formula is C14H21NO2. The van der Waals surface area contributed by atoms with Gasteiger partial charge in [0.1, 0.15) is 11.4 Å². The lowest BCUT2D eigenvalue weighted by Gasteiger charge is -2.21. The first-order chi connectivity index (χ1) is 8.07. The molecule has 94 valence electrons. The fourth-order valence-corrected chi connectivity index (χ4v) is 2.50. The zero-order valence-corrected chi connectivity index (χ0v) is 10.8. The Kier molecular flexibility index (Phi) is 3.40. The second kappa shape index (κ2) is 4.67. The normalized spacial score (nSPS) is 18.6. The molecule has 0 bridgehead atoms. The number of hydrogen-bond acceptors (Lipinski definition) is 3. The largest absolute Gasteiger partial charge is 0.487 e. The van der Waals surface area contributed by atoms with E-state index >= 15 is 0 Å². The number of para-hydroxylation sites is 1. The standard InChI is InChI=1S/C14H21NO2/c1-14(2)9-10-5-4-6-11(13(10)17-14)12(15-3)7-8-16/h4-6,12,15-16H,7-9H2,1-3H3. The van der Waals surface area contributed by atoms with Gasteiger partial charge in [-0.15, -0.1) is 0 Å². The molecule has 0 radical (unpaired) electrons. The molecule has 1 heterocycles. The molecule has 0 saturated heterocycles. The Morgan fingerprint density at radius 1 is 1.47 bits per heavy atom. The Hall–Kier alpha value is -1.06. The van der Waals surface area contributed by atoms with Gasteiger partial charge in [-0.3, -0.25) is 0 Å². The highest BCUT2D eigenvalue weighted by atomic mass is 16.5. The molecule has 1 aromatic carbocycles. The zero-order valence-electron chi connectivity index (χ0n) is 10.8. The Balaban J connectivity index is 2.34. The van der Waals surface area contributed by atoms with Crippen LogP contribution in [0.1, 0.15) is 37.4 Å². The summed E-state index contributed by atoms with van der Waals surface area (Å²) in [4.78, 5) is 0. The maximum atomic E-state index is 9.10. The molecule has 0 aromatic heterocycles. The molecule has 3 nitrogen and oxygen atoms in total. The van der Waals surface area contributed by atoms with Gasteiger partial charge in [-0.2, -0.15) is 0 Å². The van der Waals surface area contributed by atoms with Crippen molar-refractivity contribution in [2.75, 3.05) is 13.7 Å². The minimum Gasteiger partial charge on any atom is -0.487 e. The Labute approximate surface area is 103 Å². The van der Waals surface area contributed by atoms with Gasteiger partial charge >= 0.3 is 0 Å². The molecule has 0 saturated carbocycles. The first-order valence-corrected chi connectivity index (χ1v) is 6.16. The minimum atomic E-state index is -0.115. The van der Waals surface area contributed by atoms with Gasteiger partial charge in [0.15, 0.2) is 0 Å². The van der Waals surface area contributed by atoms with E-state index in [1.807, 2.05) is 7.05 Å². The highest BCUT2D eigenvalue weighted by Crippen LogP contribution is 2.40. The number of aliphatic hydroxyl groups is 1. The van der Waals surface area contributed by atoms with Crippen LogP contribution in [-0.4, -0.2) is 24.4 Å². The smallest absolute Gasteiger partial charge is 0.128 e. The summed E-state index contributed by atoms with van der Waals surface area (Å²) in [5.74, 6) is 1.00. The monoisotopic (exact) mass is 235 g/mol.